The Balaban J connectivity index is 0.00000196. The third-order valence-electron chi connectivity index (χ3n) is 1.91. The zero-order chi connectivity index (χ0) is 10.7. The first-order chi connectivity index (χ1) is 6.56. The van der Waals surface area contributed by atoms with E-state index in [-0.39, 0.29) is 18.0 Å². The number of nitrogens with zero attached hydrogens (tertiary/aromatic N) is 1. The number of benzene rings is 1. The number of hydrogen-bond acceptors (Lipinski definition) is 3. The van der Waals surface area contributed by atoms with Gasteiger partial charge in [-0.2, -0.15) is 0 Å². The second kappa shape index (κ2) is 5.46. The van der Waals surface area contributed by atoms with Gasteiger partial charge in [-0.1, -0.05) is 0 Å². The van der Waals surface area contributed by atoms with E-state index >= 15 is 0 Å². The number of carboxylic acids is 1. The fourth-order valence-electron chi connectivity index (χ4n) is 1.17. The van der Waals surface area contributed by atoms with E-state index in [0.29, 0.717) is 5.75 Å². The molecule has 15 heavy (non-hydrogen) atoms. The van der Waals surface area contributed by atoms with Crippen molar-refractivity contribution in [2.24, 2.45) is 0 Å². The molecule has 0 spiro atoms. The minimum atomic E-state index is -0.934. The summed E-state index contributed by atoms with van der Waals surface area (Å²) >= 11 is 0. The molecule has 1 N–H and O–H groups in total. The maximum atomic E-state index is 10.7. The lowest BCUT2D eigenvalue weighted by molar-refractivity contribution is 0.0697. The maximum absolute atomic E-state index is 10.7. The molecule has 0 aliphatic rings. The Kier molecular flexibility index (Phi) is 4.94. The summed E-state index contributed by atoms with van der Waals surface area (Å²) in [7, 11) is 5.23. The van der Waals surface area contributed by atoms with Crippen molar-refractivity contribution in [3.8, 4) is 5.75 Å². The molecule has 0 aliphatic carbocycles. The average molecular weight is 232 g/mol. The quantitative estimate of drug-likeness (QED) is 0.863. The summed E-state index contributed by atoms with van der Waals surface area (Å²) in [5.41, 5.74) is 1.02. The summed E-state index contributed by atoms with van der Waals surface area (Å²) in [5, 5.41) is 8.80. The molecule has 1 rings (SSSR count). The fraction of sp³-hybridized carbons (Fsp3) is 0.300. The number of rotatable bonds is 3. The van der Waals surface area contributed by atoms with Gasteiger partial charge in [0.05, 0.1) is 18.4 Å². The lowest BCUT2D eigenvalue weighted by atomic mass is 10.2. The molecule has 4 nitrogen and oxygen atoms in total. The van der Waals surface area contributed by atoms with Gasteiger partial charge in [0.25, 0.3) is 0 Å². The first kappa shape index (κ1) is 13.6. The van der Waals surface area contributed by atoms with Crippen LogP contribution in [0.25, 0.3) is 0 Å². The minimum absolute atomic E-state index is 0. The predicted octanol–water partition coefficient (Wildman–Crippen LogP) is 1.88. The highest BCUT2D eigenvalue weighted by atomic mass is 35.5. The van der Waals surface area contributed by atoms with Gasteiger partial charge in [0.1, 0.15) is 5.75 Å². The van der Waals surface area contributed by atoms with E-state index in [9.17, 15) is 4.79 Å². The van der Waals surface area contributed by atoms with Gasteiger partial charge in [-0.3, -0.25) is 0 Å². The summed E-state index contributed by atoms with van der Waals surface area (Å²) in [6, 6.07) is 4.76. The molecule has 84 valence electrons. The normalized spacial score (nSPS) is 9.00. The molecule has 0 saturated carbocycles. The Morgan fingerprint density at radius 2 is 2.00 bits per heavy atom. The molecule has 0 atom stereocenters. The molecule has 0 fully saturated rings. The van der Waals surface area contributed by atoms with Crippen LogP contribution in [0.2, 0.25) is 0 Å². The number of aromatic carboxylic acids is 1. The number of carbonyl (C=O) groups is 1. The number of hydrogen-bond donors (Lipinski definition) is 1. The van der Waals surface area contributed by atoms with Crippen LogP contribution in [0, 0.1) is 0 Å². The SMILES string of the molecule is COc1ccc(C(=O)O)cc1N(C)C.Cl. The molecule has 0 unspecified atom stereocenters. The first-order valence-electron chi connectivity index (χ1n) is 4.15. The van der Waals surface area contributed by atoms with Gasteiger partial charge in [-0.05, 0) is 18.2 Å². The Morgan fingerprint density at radius 1 is 1.40 bits per heavy atom. The summed E-state index contributed by atoms with van der Waals surface area (Å²) in [6.45, 7) is 0. The average Bonchev–Trinajstić information content (AvgIpc) is 2.16. The molecule has 1 aromatic rings. The summed E-state index contributed by atoms with van der Waals surface area (Å²) < 4.78 is 5.11. The van der Waals surface area contributed by atoms with Crippen molar-refractivity contribution >= 4 is 24.1 Å². The third-order valence-corrected chi connectivity index (χ3v) is 1.91. The lowest BCUT2D eigenvalue weighted by Crippen LogP contribution is -2.11. The Hall–Kier alpha value is -1.42. The largest absolute Gasteiger partial charge is 0.495 e. The zero-order valence-electron chi connectivity index (χ0n) is 8.85. The van der Waals surface area contributed by atoms with E-state index in [0.717, 1.165) is 5.69 Å². The topological polar surface area (TPSA) is 49.8 Å². The van der Waals surface area contributed by atoms with Crippen LogP contribution < -0.4 is 9.64 Å². The van der Waals surface area contributed by atoms with Crippen molar-refractivity contribution in [1.82, 2.24) is 0 Å². The van der Waals surface area contributed by atoms with Crippen molar-refractivity contribution in [3.05, 3.63) is 23.8 Å². The fourth-order valence-corrected chi connectivity index (χ4v) is 1.17. The number of ether oxygens (including phenoxy) is 1. The molecular weight excluding hydrogens is 218 g/mol. The number of halogens is 1. The molecule has 0 aromatic heterocycles. The highest BCUT2D eigenvalue weighted by Gasteiger charge is 2.09. The van der Waals surface area contributed by atoms with Crippen LogP contribution in [0.1, 0.15) is 10.4 Å². The molecule has 0 aliphatic heterocycles. The van der Waals surface area contributed by atoms with Crippen LogP contribution >= 0.6 is 12.4 Å². The van der Waals surface area contributed by atoms with Gasteiger partial charge in [0.15, 0.2) is 0 Å². The van der Waals surface area contributed by atoms with Gasteiger partial charge >= 0.3 is 5.97 Å². The summed E-state index contributed by atoms with van der Waals surface area (Å²) in [4.78, 5) is 12.5. The van der Waals surface area contributed by atoms with Gasteiger partial charge < -0.3 is 14.7 Å². The molecule has 0 heterocycles. The van der Waals surface area contributed by atoms with Crippen molar-refractivity contribution in [1.29, 1.82) is 0 Å². The molecule has 0 bridgehead atoms. The van der Waals surface area contributed by atoms with Crippen LogP contribution in [0.3, 0.4) is 0 Å². The van der Waals surface area contributed by atoms with E-state index in [4.69, 9.17) is 9.84 Å². The number of anilines is 1. The van der Waals surface area contributed by atoms with E-state index < -0.39 is 5.97 Å². The Bertz CT molecular complexity index is 353. The standard InChI is InChI=1S/C10H13NO3.ClH/c1-11(2)8-6-7(10(12)13)4-5-9(8)14-3;/h4-6H,1-3H3,(H,12,13);1H. The highest BCUT2D eigenvalue weighted by molar-refractivity contribution is 5.89. The van der Waals surface area contributed by atoms with Gasteiger partial charge in [-0.15, -0.1) is 12.4 Å². The van der Waals surface area contributed by atoms with E-state index in [1.807, 2.05) is 19.0 Å². The molecule has 0 radical (unpaired) electrons. The lowest BCUT2D eigenvalue weighted by Gasteiger charge is -2.16. The van der Waals surface area contributed by atoms with Gasteiger partial charge in [-0.25, -0.2) is 4.79 Å². The van der Waals surface area contributed by atoms with Crippen LogP contribution in [0.5, 0.6) is 5.75 Å². The van der Waals surface area contributed by atoms with Crippen molar-refractivity contribution < 1.29 is 14.6 Å². The zero-order valence-corrected chi connectivity index (χ0v) is 9.67. The van der Waals surface area contributed by atoms with Gasteiger partial charge in [0, 0.05) is 14.1 Å². The van der Waals surface area contributed by atoms with Gasteiger partial charge in [0.2, 0.25) is 0 Å². The molecule has 0 amide bonds. The van der Waals surface area contributed by atoms with Crippen molar-refractivity contribution in [2.75, 3.05) is 26.1 Å². The minimum Gasteiger partial charge on any atom is -0.495 e. The molecule has 1 aromatic carbocycles. The second-order valence-electron chi connectivity index (χ2n) is 3.09. The van der Waals surface area contributed by atoms with E-state index in [2.05, 4.69) is 0 Å². The van der Waals surface area contributed by atoms with E-state index in [1.165, 1.54) is 6.07 Å². The second-order valence-corrected chi connectivity index (χ2v) is 3.09. The highest BCUT2D eigenvalue weighted by Crippen LogP contribution is 2.27. The smallest absolute Gasteiger partial charge is 0.335 e. The third kappa shape index (κ3) is 3.02. The molecular formula is C10H14ClNO3. The predicted molar refractivity (Wildman–Crippen MR) is 61.5 cm³/mol. The molecule has 0 saturated heterocycles. The summed E-state index contributed by atoms with van der Waals surface area (Å²) in [6.07, 6.45) is 0. The van der Waals surface area contributed by atoms with Crippen molar-refractivity contribution in [2.45, 2.75) is 0 Å². The van der Waals surface area contributed by atoms with Crippen LogP contribution in [-0.4, -0.2) is 32.3 Å². The van der Waals surface area contributed by atoms with Crippen LogP contribution in [0.15, 0.2) is 18.2 Å². The van der Waals surface area contributed by atoms with Crippen LogP contribution in [-0.2, 0) is 0 Å². The Labute approximate surface area is 94.9 Å². The monoisotopic (exact) mass is 231 g/mol. The Morgan fingerprint density at radius 3 is 2.40 bits per heavy atom. The van der Waals surface area contributed by atoms with Crippen molar-refractivity contribution in [3.63, 3.8) is 0 Å². The number of methoxy groups -OCH3 is 1. The van der Waals surface area contributed by atoms with E-state index in [1.54, 1.807) is 19.2 Å². The maximum Gasteiger partial charge on any atom is 0.335 e. The number of carboxylic acid groups (broad SMARTS) is 1. The summed E-state index contributed by atoms with van der Waals surface area (Å²) in [5.74, 6) is -0.268. The van der Waals surface area contributed by atoms with Crippen LogP contribution in [0.4, 0.5) is 5.69 Å². The first-order valence-corrected chi connectivity index (χ1v) is 4.15. The molecule has 5 heteroatoms.